The van der Waals surface area contributed by atoms with E-state index in [4.69, 9.17) is 5.73 Å². The van der Waals surface area contributed by atoms with Crippen LogP contribution in [-0.2, 0) is 4.79 Å². The van der Waals surface area contributed by atoms with Crippen LogP contribution in [-0.4, -0.2) is 22.9 Å². The van der Waals surface area contributed by atoms with E-state index in [-0.39, 0.29) is 24.0 Å². The largest absolute Gasteiger partial charge is 0.332 e. The van der Waals surface area contributed by atoms with E-state index in [9.17, 15) is 4.79 Å². The Bertz CT molecular complexity index is 499. The number of hydrogen-bond acceptors (Lipinski definition) is 2. The summed E-state index contributed by atoms with van der Waals surface area (Å²) in [6.07, 6.45) is 1.35. The number of piperidine rings is 1. The second-order valence-electron chi connectivity index (χ2n) is 6.35. The van der Waals surface area contributed by atoms with Gasteiger partial charge >= 0.3 is 0 Å². The number of aryl methyl sites for hydroxylation is 3. The summed E-state index contributed by atoms with van der Waals surface area (Å²) in [5.41, 5.74) is 11.4. The van der Waals surface area contributed by atoms with E-state index < -0.39 is 0 Å². The monoisotopic (exact) mass is 274 g/mol. The average Bonchev–Trinajstić information content (AvgIpc) is 2.31. The highest BCUT2D eigenvalue weighted by molar-refractivity contribution is 5.78. The Morgan fingerprint density at radius 3 is 2.25 bits per heavy atom. The topological polar surface area (TPSA) is 46.3 Å². The van der Waals surface area contributed by atoms with E-state index in [1.54, 1.807) is 0 Å². The molecule has 2 rings (SSSR count). The summed E-state index contributed by atoms with van der Waals surface area (Å²) in [7, 11) is 0. The van der Waals surface area contributed by atoms with Crippen LogP contribution in [0.2, 0.25) is 0 Å². The first-order valence-electron chi connectivity index (χ1n) is 7.47. The number of benzene rings is 1. The fraction of sp³-hybridized carbons (Fsp3) is 0.588. The zero-order chi connectivity index (χ0) is 15.0. The molecular weight excluding hydrogens is 248 g/mol. The van der Waals surface area contributed by atoms with E-state index in [1.165, 1.54) is 22.3 Å². The Hall–Kier alpha value is -1.35. The molecule has 1 heterocycles. The maximum absolute atomic E-state index is 12.3. The van der Waals surface area contributed by atoms with Crippen LogP contribution in [0.1, 0.15) is 55.0 Å². The quantitative estimate of drug-likeness (QED) is 0.901. The molecule has 1 aliphatic heterocycles. The first-order chi connectivity index (χ1) is 9.32. The van der Waals surface area contributed by atoms with Gasteiger partial charge in [-0.1, -0.05) is 17.7 Å². The molecule has 2 unspecified atom stereocenters. The van der Waals surface area contributed by atoms with Crippen molar-refractivity contribution < 1.29 is 4.79 Å². The lowest BCUT2D eigenvalue weighted by Gasteiger charge is -2.43. The van der Waals surface area contributed by atoms with Crippen molar-refractivity contribution in [1.82, 2.24) is 4.90 Å². The van der Waals surface area contributed by atoms with Gasteiger partial charge < -0.3 is 10.6 Å². The normalized spacial score (nSPS) is 23.6. The number of hydrogen-bond donors (Lipinski definition) is 1. The maximum Gasteiger partial charge on any atom is 0.223 e. The summed E-state index contributed by atoms with van der Waals surface area (Å²) in [5.74, 6) is 0.228. The van der Waals surface area contributed by atoms with Gasteiger partial charge in [-0.25, -0.2) is 0 Å². The smallest absolute Gasteiger partial charge is 0.223 e. The van der Waals surface area contributed by atoms with Gasteiger partial charge in [0.1, 0.15) is 0 Å². The molecule has 2 N–H and O–H groups in total. The highest BCUT2D eigenvalue weighted by atomic mass is 16.2. The van der Waals surface area contributed by atoms with Crippen LogP contribution in [0.4, 0.5) is 0 Å². The minimum Gasteiger partial charge on any atom is -0.332 e. The van der Waals surface area contributed by atoms with E-state index >= 15 is 0 Å². The molecule has 3 heteroatoms. The molecule has 3 nitrogen and oxygen atoms in total. The SMILES string of the molecule is Cc1cc(C)c(C2C(N)CCC(=O)N2C(C)C)c(C)c1. The molecule has 1 fully saturated rings. The fourth-order valence-corrected chi connectivity index (χ4v) is 3.56. The molecule has 1 saturated heterocycles. The summed E-state index contributed by atoms with van der Waals surface area (Å²) in [6, 6.07) is 4.59. The predicted octanol–water partition coefficient (Wildman–Crippen LogP) is 3.01. The van der Waals surface area contributed by atoms with Crippen LogP contribution in [0.3, 0.4) is 0 Å². The van der Waals surface area contributed by atoms with Gasteiger partial charge in [0.2, 0.25) is 5.91 Å². The Balaban J connectivity index is 2.54. The summed E-state index contributed by atoms with van der Waals surface area (Å²) in [6.45, 7) is 10.5. The van der Waals surface area contributed by atoms with Crippen LogP contribution >= 0.6 is 0 Å². The van der Waals surface area contributed by atoms with Crippen molar-refractivity contribution >= 4 is 5.91 Å². The van der Waals surface area contributed by atoms with Crippen molar-refractivity contribution in [2.75, 3.05) is 0 Å². The molecule has 1 aromatic rings. The third-order valence-electron chi connectivity index (χ3n) is 4.27. The van der Waals surface area contributed by atoms with Crippen LogP contribution in [0.15, 0.2) is 12.1 Å². The lowest BCUT2D eigenvalue weighted by molar-refractivity contribution is -0.139. The van der Waals surface area contributed by atoms with Gasteiger partial charge in [-0.2, -0.15) is 0 Å². The number of nitrogens with zero attached hydrogens (tertiary/aromatic N) is 1. The van der Waals surface area contributed by atoms with E-state index in [0.717, 1.165) is 6.42 Å². The van der Waals surface area contributed by atoms with Crippen molar-refractivity contribution in [1.29, 1.82) is 0 Å². The Morgan fingerprint density at radius 1 is 1.20 bits per heavy atom. The van der Waals surface area contributed by atoms with Crippen LogP contribution in [0.25, 0.3) is 0 Å². The second kappa shape index (κ2) is 5.57. The summed E-state index contributed by atoms with van der Waals surface area (Å²) in [4.78, 5) is 14.3. The summed E-state index contributed by atoms with van der Waals surface area (Å²) < 4.78 is 0. The van der Waals surface area contributed by atoms with Crippen molar-refractivity contribution in [3.8, 4) is 0 Å². The molecule has 0 radical (unpaired) electrons. The zero-order valence-corrected chi connectivity index (χ0v) is 13.2. The number of carbonyl (C=O) groups excluding carboxylic acids is 1. The van der Waals surface area contributed by atoms with E-state index in [0.29, 0.717) is 6.42 Å². The predicted molar refractivity (Wildman–Crippen MR) is 82.6 cm³/mol. The molecular formula is C17H26N2O. The molecule has 2 atom stereocenters. The van der Waals surface area contributed by atoms with Gasteiger partial charge in [-0.15, -0.1) is 0 Å². The molecule has 0 aliphatic carbocycles. The highest BCUT2D eigenvalue weighted by Crippen LogP contribution is 2.36. The minimum atomic E-state index is 0.0110. The number of amides is 1. The fourth-order valence-electron chi connectivity index (χ4n) is 3.56. The van der Waals surface area contributed by atoms with Crippen molar-refractivity contribution in [2.24, 2.45) is 5.73 Å². The van der Waals surface area contributed by atoms with Crippen molar-refractivity contribution in [3.05, 3.63) is 34.4 Å². The Morgan fingerprint density at radius 2 is 1.75 bits per heavy atom. The van der Waals surface area contributed by atoms with Crippen molar-refractivity contribution in [3.63, 3.8) is 0 Å². The first-order valence-corrected chi connectivity index (χ1v) is 7.47. The van der Waals surface area contributed by atoms with Gasteiger partial charge in [0.25, 0.3) is 0 Å². The molecule has 20 heavy (non-hydrogen) atoms. The van der Waals surface area contributed by atoms with E-state index in [2.05, 4.69) is 46.8 Å². The number of likely N-dealkylation sites (tertiary alicyclic amines) is 1. The molecule has 1 aliphatic rings. The molecule has 1 aromatic carbocycles. The molecule has 0 saturated carbocycles. The molecule has 110 valence electrons. The average molecular weight is 274 g/mol. The third-order valence-corrected chi connectivity index (χ3v) is 4.27. The lowest BCUT2D eigenvalue weighted by Crippen LogP contribution is -2.52. The van der Waals surface area contributed by atoms with Gasteiger partial charge in [-0.3, -0.25) is 4.79 Å². The number of rotatable bonds is 2. The third kappa shape index (κ3) is 2.59. The number of carbonyl (C=O) groups is 1. The first kappa shape index (κ1) is 15.0. The van der Waals surface area contributed by atoms with Gasteiger partial charge in [0.05, 0.1) is 6.04 Å². The van der Waals surface area contributed by atoms with Crippen molar-refractivity contribution in [2.45, 2.75) is 65.6 Å². The lowest BCUT2D eigenvalue weighted by atomic mass is 9.84. The minimum absolute atomic E-state index is 0.0110. The van der Waals surface area contributed by atoms with Crippen LogP contribution in [0, 0.1) is 20.8 Å². The van der Waals surface area contributed by atoms with Gasteiger partial charge in [0.15, 0.2) is 0 Å². The van der Waals surface area contributed by atoms with E-state index in [1.807, 2.05) is 4.90 Å². The van der Waals surface area contributed by atoms with Crippen LogP contribution in [0.5, 0.6) is 0 Å². The number of nitrogens with two attached hydrogens (primary N) is 1. The zero-order valence-electron chi connectivity index (χ0n) is 13.2. The second-order valence-corrected chi connectivity index (χ2v) is 6.35. The molecule has 0 bridgehead atoms. The molecule has 1 amide bonds. The maximum atomic E-state index is 12.3. The van der Waals surface area contributed by atoms with Crippen LogP contribution < -0.4 is 5.73 Å². The molecule has 0 spiro atoms. The highest BCUT2D eigenvalue weighted by Gasteiger charge is 2.37. The van der Waals surface area contributed by atoms with Gasteiger partial charge in [0, 0.05) is 18.5 Å². The molecule has 0 aromatic heterocycles. The summed E-state index contributed by atoms with van der Waals surface area (Å²) in [5, 5.41) is 0. The Labute approximate surface area is 122 Å². The standard InChI is InChI=1S/C17H26N2O/c1-10(2)19-15(20)7-6-14(18)17(19)16-12(4)8-11(3)9-13(16)5/h8-10,14,17H,6-7,18H2,1-5H3. The van der Waals surface area contributed by atoms with Gasteiger partial charge in [-0.05, 0) is 57.7 Å². The Kier molecular flexibility index (Phi) is 4.19. The summed E-state index contributed by atoms with van der Waals surface area (Å²) >= 11 is 0.